The molecule has 176 valence electrons. The molecule has 2 amide bonds. The van der Waals surface area contributed by atoms with Gasteiger partial charge in [-0.25, -0.2) is 4.79 Å². The number of hydrogen-bond acceptors (Lipinski definition) is 7. The van der Waals surface area contributed by atoms with E-state index < -0.39 is 11.5 Å². The monoisotopic (exact) mass is 446 g/mol. The van der Waals surface area contributed by atoms with E-state index >= 15 is 0 Å². The number of ether oxygens (including phenoxy) is 2. The van der Waals surface area contributed by atoms with Crippen molar-refractivity contribution < 1.29 is 24.2 Å². The van der Waals surface area contributed by atoms with Crippen LogP contribution in [-0.2, 0) is 4.79 Å². The quantitative estimate of drug-likeness (QED) is 0.715. The Morgan fingerprint density at radius 1 is 1.25 bits per heavy atom. The van der Waals surface area contributed by atoms with Crippen molar-refractivity contribution in [3.8, 4) is 11.6 Å². The smallest absolute Gasteiger partial charge is 0.412 e. The second kappa shape index (κ2) is 9.52. The number of aliphatic hydroxyl groups is 1. The Hall–Kier alpha value is -2.55. The normalized spacial score (nSPS) is 28.2. The Kier molecular flexibility index (Phi) is 6.74. The average Bonchev–Trinajstić information content (AvgIpc) is 3.10. The maximum Gasteiger partial charge on any atom is 0.412 e. The molecule has 0 aromatic carbocycles. The summed E-state index contributed by atoms with van der Waals surface area (Å²) in [6, 6.07) is 3.58. The molecule has 1 unspecified atom stereocenters. The zero-order valence-electron chi connectivity index (χ0n) is 19.0. The lowest BCUT2D eigenvalue weighted by Gasteiger charge is -2.41. The summed E-state index contributed by atoms with van der Waals surface area (Å²) < 4.78 is 10.8. The first kappa shape index (κ1) is 22.6. The van der Waals surface area contributed by atoms with E-state index in [-0.39, 0.29) is 18.1 Å². The van der Waals surface area contributed by atoms with Crippen LogP contribution in [-0.4, -0.2) is 72.4 Å². The van der Waals surface area contributed by atoms with Crippen molar-refractivity contribution in [2.45, 2.75) is 64.0 Å². The van der Waals surface area contributed by atoms with E-state index in [1.807, 2.05) is 6.92 Å². The minimum atomic E-state index is -0.532. The molecule has 3 aliphatic rings. The number of piperidine rings is 1. The zero-order chi connectivity index (χ0) is 22.7. The molecule has 2 aliphatic heterocycles. The van der Waals surface area contributed by atoms with Crippen LogP contribution in [0.2, 0.25) is 0 Å². The van der Waals surface area contributed by atoms with Gasteiger partial charge >= 0.3 is 6.09 Å². The van der Waals surface area contributed by atoms with E-state index in [0.29, 0.717) is 30.5 Å². The minimum Gasteiger partial charge on any atom is -0.481 e. The van der Waals surface area contributed by atoms with Gasteiger partial charge in [-0.15, -0.1) is 0 Å². The first-order valence-electron chi connectivity index (χ1n) is 11.7. The van der Waals surface area contributed by atoms with E-state index in [0.717, 1.165) is 58.0 Å². The highest BCUT2D eigenvalue weighted by atomic mass is 16.6. The topological polar surface area (TPSA) is 104 Å². The fourth-order valence-electron chi connectivity index (χ4n) is 5.38. The van der Waals surface area contributed by atoms with Gasteiger partial charge in [-0.3, -0.25) is 4.79 Å². The summed E-state index contributed by atoms with van der Waals surface area (Å²) in [5.41, 5.74) is -0.442. The summed E-state index contributed by atoms with van der Waals surface area (Å²) in [7, 11) is 1.55. The Morgan fingerprint density at radius 3 is 2.75 bits per heavy atom. The summed E-state index contributed by atoms with van der Waals surface area (Å²) in [6.45, 7) is 4.34. The van der Waals surface area contributed by atoms with Gasteiger partial charge < -0.3 is 29.7 Å². The number of aromatic nitrogens is 1. The number of anilines is 1. The van der Waals surface area contributed by atoms with Crippen molar-refractivity contribution in [1.29, 1.82) is 0 Å². The number of hydrogen-bond donors (Lipinski definition) is 2. The summed E-state index contributed by atoms with van der Waals surface area (Å²) >= 11 is 0. The molecule has 3 heterocycles. The number of rotatable bonds is 5. The highest BCUT2D eigenvalue weighted by molar-refractivity contribution is 5.86. The van der Waals surface area contributed by atoms with Crippen molar-refractivity contribution in [2.24, 2.45) is 5.41 Å². The van der Waals surface area contributed by atoms with Gasteiger partial charge in [0.05, 0.1) is 18.6 Å². The number of likely N-dealkylation sites (tertiary alicyclic amines) is 1. The first-order chi connectivity index (χ1) is 15.5. The van der Waals surface area contributed by atoms with E-state index in [2.05, 4.69) is 20.1 Å². The standard InChI is InChI=1S/C23H34N4O5/c1-3-24-22(30)32-18-9-10-19(31-2)25-20(18)26-13-4-11-23(15-26)12-14-27(21(23)29)16-5-7-17(28)8-6-16/h9-10,16-17,28H,3-8,11-15H2,1-2H3,(H,24,30). The summed E-state index contributed by atoms with van der Waals surface area (Å²) in [6.07, 6.45) is 5.04. The summed E-state index contributed by atoms with van der Waals surface area (Å²) in [4.78, 5) is 34.4. The molecule has 9 nitrogen and oxygen atoms in total. The Labute approximate surface area is 189 Å². The predicted molar refractivity (Wildman–Crippen MR) is 119 cm³/mol. The van der Waals surface area contributed by atoms with E-state index in [1.54, 1.807) is 19.2 Å². The van der Waals surface area contributed by atoms with Gasteiger partial charge in [0.25, 0.3) is 0 Å². The fraction of sp³-hybridized carbons (Fsp3) is 0.696. The van der Waals surface area contributed by atoms with Gasteiger partial charge in [0, 0.05) is 38.3 Å². The molecule has 9 heteroatoms. The van der Waals surface area contributed by atoms with Crippen molar-refractivity contribution in [1.82, 2.24) is 15.2 Å². The van der Waals surface area contributed by atoms with E-state index in [4.69, 9.17) is 9.47 Å². The number of methoxy groups -OCH3 is 1. The third kappa shape index (κ3) is 4.48. The minimum absolute atomic E-state index is 0.220. The second-order valence-corrected chi connectivity index (χ2v) is 9.11. The molecule has 2 N–H and O–H groups in total. The zero-order valence-corrected chi connectivity index (χ0v) is 19.0. The van der Waals surface area contributed by atoms with Gasteiger partial charge in [0.15, 0.2) is 11.6 Å². The third-order valence-electron chi connectivity index (χ3n) is 7.08. The highest BCUT2D eigenvalue weighted by Gasteiger charge is 2.51. The van der Waals surface area contributed by atoms with Gasteiger partial charge in [-0.05, 0) is 57.9 Å². The molecule has 3 fully saturated rings. The average molecular weight is 447 g/mol. The van der Waals surface area contributed by atoms with E-state index in [1.165, 1.54) is 0 Å². The van der Waals surface area contributed by atoms with Crippen LogP contribution in [0.3, 0.4) is 0 Å². The van der Waals surface area contributed by atoms with Gasteiger partial charge in [0.2, 0.25) is 11.8 Å². The number of nitrogens with one attached hydrogen (secondary N) is 1. The molecule has 0 radical (unpaired) electrons. The van der Waals surface area contributed by atoms with Crippen molar-refractivity contribution >= 4 is 17.8 Å². The molecular formula is C23H34N4O5. The molecule has 1 saturated carbocycles. The molecule has 32 heavy (non-hydrogen) atoms. The number of aliphatic hydroxyl groups excluding tert-OH is 1. The van der Waals surface area contributed by atoms with Crippen LogP contribution in [0, 0.1) is 5.41 Å². The van der Waals surface area contributed by atoms with E-state index in [9.17, 15) is 14.7 Å². The molecule has 1 atom stereocenters. The molecule has 1 aromatic heterocycles. The number of pyridine rings is 1. The number of nitrogens with zero attached hydrogens (tertiary/aromatic N) is 3. The SMILES string of the molecule is CCNC(=O)Oc1ccc(OC)nc1N1CCCC2(CCN(C3CCC(O)CC3)C2=O)C1. The lowest BCUT2D eigenvalue weighted by atomic mass is 9.78. The molecule has 1 aromatic rings. The van der Waals surface area contributed by atoms with Crippen LogP contribution in [0.5, 0.6) is 11.6 Å². The Bertz CT molecular complexity index is 842. The Balaban J connectivity index is 1.54. The molecule has 0 bridgehead atoms. The van der Waals surface area contributed by atoms with Crippen LogP contribution in [0.1, 0.15) is 51.9 Å². The highest BCUT2D eigenvalue weighted by Crippen LogP contribution is 2.44. The Morgan fingerprint density at radius 2 is 2.03 bits per heavy atom. The molecular weight excluding hydrogens is 412 g/mol. The second-order valence-electron chi connectivity index (χ2n) is 9.11. The van der Waals surface area contributed by atoms with Gasteiger partial charge in [-0.2, -0.15) is 4.98 Å². The van der Waals surface area contributed by atoms with Gasteiger partial charge in [0.1, 0.15) is 0 Å². The first-order valence-corrected chi connectivity index (χ1v) is 11.7. The van der Waals surface area contributed by atoms with Crippen molar-refractivity contribution in [2.75, 3.05) is 38.2 Å². The van der Waals surface area contributed by atoms with Gasteiger partial charge in [-0.1, -0.05) is 0 Å². The lowest BCUT2D eigenvalue weighted by Crippen LogP contribution is -2.50. The fourth-order valence-corrected chi connectivity index (χ4v) is 5.38. The summed E-state index contributed by atoms with van der Waals surface area (Å²) in [5.74, 6) is 1.54. The summed E-state index contributed by atoms with van der Waals surface area (Å²) in [5, 5.41) is 12.5. The molecule has 1 spiro atoms. The number of carbonyl (C=O) groups is 2. The third-order valence-corrected chi connectivity index (χ3v) is 7.08. The molecule has 1 aliphatic carbocycles. The largest absolute Gasteiger partial charge is 0.481 e. The maximum absolute atomic E-state index is 13.6. The predicted octanol–water partition coefficient (Wildman–Crippen LogP) is 2.32. The number of carbonyl (C=O) groups excluding carboxylic acids is 2. The van der Waals surface area contributed by atoms with Crippen LogP contribution < -0.4 is 19.7 Å². The maximum atomic E-state index is 13.6. The van der Waals surface area contributed by atoms with Crippen molar-refractivity contribution in [3.05, 3.63) is 12.1 Å². The molecule has 4 rings (SSSR count). The molecule has 2 saturated heterocycles. The van der Waals surface area contributed by atoms with Crippen LogP contribution in [0.25, 0.3) is 0 Å². The van der Waals surface area contributed by atoms with Crippen LogP contribution in [0.15, 0.2) is 12.1 Å². The van der Waals surface area contributed by atoms with Crippen LogP contribution >= 0.6 is 0 Å². The number of amides is 2. The lowest BCUT2D eigenvalue weighted by molar-refractivity contribution is -0.139. The van der Waals surface area contributed by atoms with Crippen molar-refractivity contribution in [3.63, 3.8) is 0 Å². The van der Waals surface area contributed by atoms with Crippen LogP contribution in [0.4, 0.5) is 10.6 Å².